The summed E-state index contributed by atoms with van der Waals surface area (Å²) in [5.41, 5.74) is 3.02. The molecule has 1 heterocycles. The molecule has 2 aliphatic rings. The number of benzene rings is 1. The first-order valence-corrected chi connectivity index (χ1v) is 6.17. The Labute approximate surface area is 96.7 Å². The van der Waals surface area contributed by atoms with Crippen molar-refractivity contribution in [3.63, 3.8) is 0 Å². The van der Waals surface area contributed by atoms with E-state index in [1.54, 1.807) is 0 Å². The van der Waals surface area contributed by atoms with Gasteiger partial charge < -0.3 is 10.4 Å². The second-order valence-corrected chi connectivity index (χ2v) is 5.56. The maximum Gasteiger partial charge on any atom is 0.115 e. The minimum Gasteiger partial charge on any atom is -0.508 e. The van der Waals surface area contributed by atoms with E-state index in [0.717, 1.165) is 13.0 Å². The number of nitrogens with one attached hydrogen (secondary N) is 1. The van der Waals surface area contributed by atoms with Gasteiger partial charge in [0.15, 0.2) is 0 Å². The number of phenolic OH excluding ortho intramolecular Hbond substituents is 1. The Kier molecular flexibility index (Phi) is 2.05. The molecular formula is C14H19NO. The van der Waals surface area contributed by atoms with Crippen LogP contribution >= 0.6 is 0 Å². The number of phenols is 1. The standard InChI is InChI=1S/C14H19NO/c1-9-13-7-10-3-4-11(16)8-12(10)14(9,2)5-6-15-13/h3-4,8-9,13,15-16H,5-7H2,1-2H3/t9-,13-,14-/m0/s1. The number of hydrogen-bond donors (Lipinski definition) is 2. The molecule has 0 radical (unpaired) electrons. The van der Waals surface area contributed by atoms with E-state index in [0.29, 0.717) is 17.7 Å². The number of fused-ring (bicyclic) bond motifs is 4. The highest BCUT2D eigenvalue weighted by Gasteiger charge is 2.45. The maximum absolute atomic E-state index is 9.67. The summed E-state index contributed by atoms with van der Waals surface area (Å²) < 4.78 is 0. The van der Waals surface area contributed by atoms with Gasteiger partial charge in [-0.25, -0.2) is 0 Å². The van der Waals surface area contributed by atoms with Crippen molar-refractivity contribution < 1.29 is 5.11 Å². The van der Waals surface area contributed by atoms with Crippen LogP contribution in [0.2, 0.25) is 0 Å². The molecule has 3 atom stereocenters. The lowest BCUT2D eigenvalue weighted by Crippen LogP contribution is -2.56. The lowest BCUT2D eigenvalue weighted by atomic mass is 9.59. The average Bonchev–Trinajstić information content (AvgIpc) is 2.25. The van der Waals surface area contributed by atoms with E-state index in [1.165, 1.54) is 17.5 Å². The first-order valence-electron chi connectivity index (χ1n) is 6.17. The minimum absolute atomic E-state index is 0.238. The third kappa shape index (κ3) is 1.23. The monoisotopic (exact) mass is 217 g/mol. The molecule has 1 aromatic carbocycles. The Balaban J connectivity index is 2.18. The molecule has 86 valence electrons. The highest BCUT2D eigenvalue weighted by atomic mass is 16.3. The second kappa shape index (κ2) is 3.24. The molecule has 1 aliphatic carbocycles. The van der Waals surface area contributed by atoms with Crippen molar-refractivity contribution >= 4 is 0 Å². The van der Waals surface area contributed by atoms with Crippen molar-refractivity contribution in [1.29, 1.82) is 0 Å². The molecule has 1 saturated heterocycles. The van der Waals surface area contributed by atoms with Gasteiger partial charge >= 0.3 is 0 Å². The molecule has 1 aromatic rings. The van der Waals surface area contributed by atoms with Gasteiger partial charge in [-0.05, 0) is 54.0 Å². The smallest absolute Gasteiger partial charge is 0.115 e. The summed E-state index contributed by atoms with van der Waals surface area (Å²) >= 11 is 0. The van der Waals surface area contributed by atoms with Crippen LogP contribution in [0.25, 0.3) is 0 Å². The van der Waals surface area contributed by atoms with E-state index in [2.05, 4.69) is 25.2 Å². The molecule has 1 aliphatic heterocycles. The first-order chi connectivity index (χ1) is 7.61. The van der Waals surface area contributed by atoms with Crippen LogP contribution in [-0.4, -0.2) is 17.7 Å². The molecule has 2 N–H and O–H groups in total. The van der Waals surface area contributed by atoms with Crippen LogP contribution in [0.3, 0.4) is 0 Å². The van der Waals surface area contributed by atoms with Gasteiger partial charge in [-0.2, -0.15) is 0 Å². The summed E-state index contributed by atoms with van der Waals surface area (Å²) in [6, 6.07) is 6.49. The second-order valence-electron chi connectivity index (χ2n) is 5.56. The Hall–Kier alpha value is -1.02. The number of hydrogen-bond acceptors (Lipinski definition) is 2. The van der Waals surface area contributed by atoms with Crippen LogP contribution in [0.5, 0.6) is 5.75 Å². The first kappa shape index (κ1) is 10.2. The van der Waals surface area contributed by atoms with E-state index in [-0.39, 0.29) is 5.41 Å². The van der Waals surface area contributed by atoms with Crippen LogP contribution in [0.15, 0.2) is 18.2 Å². The zero-order chi connectivity index (χ0) is 11.3. The van der Waals surface area contributed by atoms with E-state index < -0.39 is 0 Å². The Morgan fingerprint density at radius 1 is 1.44 bits per heavy atom. The number of piperidine rings is 1. The van der Waals surface area contributed by atoms with E-state index in [9.17, 15) is 5.11 Å². The van der Waals surface area contributed by atoms with Crippen molar-refractivity contribution in [2.24, 2.45) is 5.92 Å². The molecule has 16 heavy (non-hydrogen) atoms. The lowest BCUT2D eigenvalue weighted by Gasteiger charge is -2.50. The highest BCUT2D eigenvalue weighted by molar-refractivity contribution is 5.44. The van der Waals surface area contributed by atoms with Gasteiger partial charge in [0.2, 0.25) is 0 Å². The van der Waals surface area contributed by atoms with Crippen LogP contribution in [0.4, 0.5) is 0 Å². The summed E-state index contributed by atoms with van der Waals surface area (Å²) in [7, 11) is 0. The van der Waals surface area contributed by atoms with Gasteiger partial charge in [0.1, 0.15) is 5.75 Å². The van der Waals surface area contributed by atoms with Crippen LogP contribution < -0.4 is 5.32 Å². The van der Waals surface area contributed by atoms with Crippen molar-refractivity contribution in [2.75, 3.05) is 6.54 Å². The third-order valence-corrected chi connectivity index (χ3v) is 4.81. The molecule has 2 bridgehead atoms. The zero-order valence-electron chi connectivity index (χ0n) is 9.96. The van der Waals surface area contributed by atoms with E-state index in [1.807, 2.05) is 12.1 Å². The molecule has 1 fully saturated rings. The topological polar surface area (TPSA) is 32.3 Å². The lowest BCUT2D eigenvalue weighted by molar-refractivity contribution is 0.158. The summed E-state index contributed by atoms with van der Waals surface area (Å²) in [6.45, 7) is 5.79. The molecule has 3 rings (SSSR count). The Bertz CT molecular complexity index is 429. The van der Waals surface area contributed by atoms with Crippen molar-refractivity contribution in [1.82, 2.24) is 5.32 Å². The Morgan fingerprint density at radius 3 is 3.06 bits per heavy atom. The molecule has 0 aromatic heterocycles. The summed E-state index contributed by atoms with van der Waals surface area (Å²) in [5, 5.41) is 13.3. The van der Waals surface area contributed by atoms with Gasteiger partial charge in [-0.1, -0.05) is 19.9 Å². The normalized spacial score (nSPS) is 36.9. The molecule has 0 amide bonds. The average molecular weight is 217 g/mol. The molecule has 0 saturated carbocycles. The maximum atomic E-state index is 9.67. The molecule has 0 spiro atoms. The van der Waals surface area contributed by atoms with Crippen LogP contribution in [-0.2, 0) is 11.8 Å². The van der Waals surface area contributed by atoms with Crippen molar-refractivity contribution in [3.05, 3.63) is 29.3 Å². The fraction of sp³-hybridized carbons (Fsp3) is 0.571. The minimum atomic E-state index is 0.238. The predicted molar refractivity (Wildman–Crippen MR) is 64.7 cm³/mol. The SMILES string of the molecule is C[C@H]1[C@@H]2Cc3ccc(O)cc3[C@@]1(C)CCN2. The van der Waals surface area contributed by atoms with Gasteiger partial charge in [-0.3, -0.25) is 0 Å². The molecule has 0 unspecified atom stereocenters. The van der Waals surface area contributed by atoms with Crippen LogP contribution in [0, 0.1) is 5.92 Å². The summed E-state index contributed by atoms with van der Waals surface area (Å²) in [5.74, 6) is 1.06. The van der Waals surface area contributed by atoms with E-state index >= 15 is 0 Å². The summed E-state index contributed by atoms with van der Waals surface area (Å²) in [4.78, 5) is 0. The molecule has 2 heteroatoms. The van der Waals surface area contributed by atoms with Crippen molar-refractivity contribution in [2.45, 2.75) is 38.1 Å². The van der Waals surface area contributed by atoms with Gasteiger partial charge in [0.25, 0.3) is 0 Å². The number of aromatic hydroxyl groups is 1. The van der Waals surface area contributed by atoms with E-state index in [4.69, 9.17) is 0 Å². The van der Waals surface area contributed by atoms with Crippen LogP contribution in [0.1, 0.15) is 31.4 Å². The fourth-order valence-corrected chi connectivity index (χ4v) is 3.51. The predicted octanol–water partition coefficient (Wildman–Crippen LogP) is 2.20. The highest BCUT2D eigenvalue weighted by Crippen LogP contribution is 2.46. The Morgan fingerprint density at radius 2 is 2.25 bits per heavy atom. The molecular weight excluding hydrogens is 198 g/mol. The number of rotatable bonds is 0. The van der Waals surface area contributed by atoms with Gasteiger partial charge in [-0.15, -0.1) is 0 Å². The largest absolute Gasteiger partial charge is 0.508 e. The van der Waals surface area contributed by atoms with Gasteiger partial charge in [0, 0.05) is 6.04 Å². The molecule has 2 nitrogen and oxygen atoms in total. The third-order valence-electron chi connectivity index (χ3n) is 4.81. The summed E-state index contributed by atoms with van der Waals surface area (Å²) in [6.07, 6.45) is 2.27. The van der Waals surface area contributed by atoms with Gasteiger partial charge in [0.05, 0.1) is 0 Å². The zero-order valence-corrected chi connectivity index (χ0v) is 9.96. The van der Waals surface area contributed by atoms with Crippen molar-refractivity contribution in [3.8, 4) is 5.75 Å². The quantitative estimate of drug-likeness (QED) is 0.698. The fourth-order valence-electron chi connectivity index (χ4n) is 3.51.